The van der Waals surface area contributed by atoms with Crippen LogP contribution in [-0.4, -0.2) is 28.4 Å². The van der Waals surface area contributed by atoms with Gasteiger partial charge < -0.3 is 15.2 Å². The number of rotatable bonds is 2. The molecule has 0 spiro atoms. The molecule has 2 N–H and O–H groups in total. The molecule has 1 fully saturated rings. The van der Waals surface area contributed by atoms with Crippen molar-refractivity contribution in [1.29, 1.82) is 0 Å². The molecule has 0 unspecified atom stereocenters. The van der Waals surface area contributed by atoms with Crippen molar-refractivity contribution >= 4 is 6.09 Å². The number of alkyl carbamates (subject to hydrolysis) is 1. The topological polar surface area (TPSA) is 58.6 Å². The first-order valence-electron chi connectivity index (χ1n) is 4.95. The molecule has 0 heterocycles. The molecule has 1 aliphatic carbocycles. The zero-order valence-corrected chi connectivity index (χ0v) is 9.26. The van der Waals surface area contributed by atoms with Gasteiger partial charge in [0.1, 0.15) is 5.60 Å². The van der Waals surface area contributed by atoms with E-state index in [1.807, 2.05) is 20.8 Å². The van der Waals surface area contributed by atoms with Gasteiger partial charge in [-0.3, -0.25) is 0 Å². The number of carbonyl (C=O) groups is 1. The lowest BCUT2D eigenvalue weighted by Crippen LogP contribution is -2.44. The van der Waals surface area contributed by atoms with Crippen molar-refractivity contribution < 1.29 is 14.6 Å². The summed E-state index contributed by atoms with van der Waals surface area (Å²) in [6.45, 7) is 7.21. The average molecular weight is 201 g/mol. The van der Waals surface area contributed by atoms with Crippen LogP contribution >= 0.6 is 0 Å². The Morgan fingerprint density at radius 1 is 1.50 bits per heavy atom. The molecule has 1 saturated carbocycles. The van der Waals surface area contributed by atoms with Gasteiger partial charge in [-0.15, -0.1) is 0 Å². The maximum absolute atomic E-state index is 11.3. The van der Waals surface area contributed by atoms with Gasteiger partial charge in [0.05, 0.1) is 11.6 Å². The van der Waals surface area contributed by atoms with Gasteiger partial charge in [0, 0.05) is 0 Å². The Labute approximate surface area is 84.6 Å². The molecule has 1 atom stereocenters. The van der Waals surface area contributed by atoms with Gasteiger partial charge in [0.2, 0.25) is 0 Å². The quantitative estimate of drug-likeness (QED) is 0.710. The molecule has 82 valence electrons. The monoisotopic (exact) mass is 201 g/mol. The summed E-state index contributed by atoms with van der Waals surface area (Å²) in [5, 5.41) is 12.3. The third-order valence-electron chi connectivity index (χ3n) is 2.30. The van der Waals surface area contributed by atoms with Crippen molar-refractivity contribution in [2.24, 2.45) is 0 Å². The van der Waals surface area contributed by atoms with Crippen LogP contribution in [0.2, 0.25) is 0 Å². The zero-order valence-electron chi connectivity index (χ0n) is 9.26. The Hall–Kier alpha value is -0.770. The highest BCUT2D eigenvalue weighted by Crippen LogP contribution is 2.38. The van der Waals surface area contributed by atoms with Gasteiger partial charge in [0.25, 0.3) is 0 Å². The molecule has 4 heteroatoms. The highest BCUT2D eigenvalue weighted by molar-refractivity contribution is 5.68. The molecule has 0 aromatic carbocycles. The Kier molecular flexibility index (Phi) is 2.76. The summed E-state index contributed by atoms with van der Waals surface area (Å²) in [5.41, 5.74) is -1.19. The smallest absolute Gasteiger partial charge is 0.407 e. The molecule has 1 aliphatic rings. The van der Waals surface area contributed by atoms with Crippen LogP contribution in [0.5, 0.6) is 0 Å². The number of ether oxygens (including phenoxy) is 1. The van der Waals surface area contributed by atoms with Crippen LogP contribution in [0.15, 0.2) is 0 Å². The first kappa shape index (κ1) is 11.3. The molecule has 4 nitrogen and oxygen atoms in total. The normalized spacial score (nSPS) is 21.2. The van der Waals surface area contributed by atoms with E-state index in [-0.39, 0.29) is 6.04 Å². The minimum Gasteiger partial charge on any atom is -0.444 e. The summed E-state index contributed by atoms with van der Waals surface area (Å²) in [6.07, 6.45) is 1.04. The summed E-state index contributed by atoms with van der Waals surface area (Å²) in [5.74, 6) is 0. The maximum atomic E-state index is 11.3. The second-order valence-electron chi connectivity index (χ2n) is 4.97. The second kappa shape index (κ2) is 3.42. The van der Waals surface area contributed by atoms with E-state index >= 15 is 0 Å². The highest BCUT2D eigenvalue weighted by atomic mass is 16.6. The SMILES string of the molecule is C[C@@H](NC(=O)OC(C)(C)C)C1(O)CC1. The van der Waals surface area contributed by atoms with Crippen molar-refractivity contribution in [2.45, 2.75) is 57.8 Å². The molecule has 0 radical (unpaired) electrons. The largest absolute Gasteiger partial charge is 0.444 e. The summed E-state index contributed by atoms with van der Waals surface area (Å²) in [7, 11) is 0. The number of aliphatic hydroxyl groups is 1. The second-order valence-corrected chi connectivity index (χ2v) is 4.97. The van der Waals surface area contributed by atoms with E-state index in [1.54, 1.807) is 6.92 Å². The van der Waals surface area contributed by atoms with E-state index in [9.17, 15) is 9.90 Å². The van der Waals surface area contributed by atoms with Gasteiger partial charge in [0.15, 0.2) is 0 Å². The maximum Gasteiger partial charge on any atom is 0.407 e. The van der Waals surface area contributed by atoms with Crippen LogP contribution < -0.4 is 5.32 Å². The number of hydrogen-bond acceptors (Lipinski definition) is 3. The lowest BCUT2D eigenvalue weighted by Gasteiger charge is -2.24. The summed E-state index contributed by atoms with van der Waals surface area (Å²) in [6, 6.07) is -0.239. The van der Waals surface area contributed by atoms with E-state index in [0.717, 1.165) is 12.8 Å². The summed E-state index contributed by atoms with van der Waals surface area (Å²) in [4.78, 5) is 11.3. The Balaban J connectivity index is 2.34. The molecular weight excluding hydrogens is 182 g/mol. The van der Waals surface area contributed by atoms with Gasteiger partial charge >= 0.3 is 6.09 Å². The van der Waals surface area contributed by atoms with Gasteiger partial charge in [-0.25, -0.2) is 4.79 Å². The number of nitrogens with one attached hydrogen (secondary N) is 1. The van der Waals surface area contributed by atoms with E-state index in [2.05, 4.69) is 5.32 Å². The van der Waals surface area contributed by atoms with Gasteiger partial charge in [-0.1, -0.05) is 0 Å². The third kappa shape index (κ3) is 3.18. The fourth-order valence-corrected chi connectivity index (χ4v) is 1.18. The molecular formula is C10H19NO3. The van der Waals surface area contributed by atoms with Crippen LogP contribution in [0.3, 0.4) is 0 Å². The minimum absolute atomic E-state index is 0.239. The standard InChI is InChI=1S/C10H19NO3/c1-7(10(13)5-6-10)11-8(12)14-9(2,3)4/h7,13H,5-6H2,1-4H3,(H,11,12)/t7-/m1/s1. The number of hydrogen-bond donors (Lipinski definition) is 2. The average Bonchev–Trinajstić information content (AvgIpc) is 2.64. The molecule has 1 rings (SSSR count). The fraction of sp³-hybridized carbons (Fsp3) is 0.900. The molecule has 0 bridgehead atoms. The van der Waals surface area contributed by atoms with Crippen molar-refractivity contribution in [3.63, 3.8) is 0 Å². The molecule has 1 amide bonds. The third-order valence-corrected chi connectivity index (χ3v) is 2.30. The predicted octanol–water partition coefficient (Wildman–Crippen LogP) is 1.42. The molecule has 14 heavy (non-hydrogen) atoms. The lowest BCUT2D eigenvalue weighted by atomic mass is 10.1. The van der Waals surface area contributed by atoms with Crippen LogP contribution in [0.1, 0.15) is 40.5 Å². The molecule has 0 aliphatic heterocycles. The number of amides is 1. The van der Waals surface area contributed by atoms with Crippen molar-refractivity contribution in [3.05, 3.63) is 0 Å². The Morgan fingerprint density at radius 3 is 2.36 bits per heavy atom. The van der Waals surface area contributed by atoms with Gasteiger partial charge in [-0.05, 0) is 40.5 Å². The molecule has 0 aromatic heterocycles. The first-order valence-corrected chi connectivity index (χ1v) is 4.95. The number of carbonyl (C=O) groups excluding carboxylic acids is 1. The molecule has 0 aromatic rings. The lowest BCUT2D eigenvalue weighted by molar-refractivity contribution is 0.0404. The van der Waals surface area contributed by atoms with Crippen LogP contribution in [0, 0.1) is 0 Å². The van der Waals surface area contributed by atoms with Crippen LogP contribution in [-0.2, 0) is 4.74 Å². The Morgan fingerprint density at radius 2 is 2.00 bits per heavy atom. The predicted molar refractivity (Wildman–Crippen MR) is 53.0 cm³/mol. The fourth-order valence-electron chi connectivity index (χ4n) is 1.18. The van der Waals surface area contributed by atoms with Crippen LogP contribution in [0.4, 0.5) is 4.79 Å². The minimum atomic E-state index is -0.698. The summed E-state index contributed by atoms with van der Waals surface area (Å²) < 4.78 is 5.07. The first-order chi connectivity index (χ1) is 6.23. The van der Waals surface area contributed by atoms with Gasteiger partial charge in [-0.2, -0.15) is 0 Å². The van der Waals surface area contributed by atoms with E-state index in [1.165, 1.54) is 0 Å². The van der Waals surface area contributed by atoms with Crippen molar-refractivity contribution in [3.8, 4) is 0 Å². The van der Waals surface area contributed by atoms with Crippen LogP contribution in [0.25, 0.3) is 0 Å². The summed E-state index contributed by atoms with van der Waals surface area (Å²) >= 11 is 0. The van der Waals surface area contributed by atoms with Crippen molar-refractivity contribution in [1.82, 2.24) is 5.32 Å². The highest BCUT2D eigenvalue weighted by Gasteiger charge is 2.46. The molecule has 0 saturated heterocycles. The van der Waals surface area contributed by atoms with E-state index in [4.69, 9.17) is 4.74 Å². The van der Waals surface area contributed by atoms with E-state index < -0.39 is 17.3 Å². The zero-order chi connectivity index (χ0) is 11.0. The van der Waals surface area contributed by atoms with E-state index in [0.29, 0.717) is 0 Å². The Bertz CT molecular complexity index is 228. The van der Waals surface area contributed by atoms with Crippen molar-refractivity contribution in [2.75, 3.05) is 0 Å².